The Balaban J connectivity index is 1.46. The summed E-state index contributed by atoms with van der Waals surface area (Å²) in [4.78, 5) is 1.91. The van der Waals surface area contributed by atoms with Crippen molar-refractivity contribution in [2.24, 2.45) is 11.8 Å². The van der Waals surface area contributed by atoms with Crippen molar-refractivity contribution in [1.29, 1.82) is 0 Å². The average Bonchev–Trinajstić information content (AvgIpc) is 2.54. The van der Waals surface area contributed by atoms with Gasteiger partial charge in [0.2, 0.25) is 0 Å². The first-order chi connectivity index (χ1) is 10.4. The van der Waals surface area contributed by atoms with Crippen LogP contribution in [-0.2, 0) is 0 Å². The number of nitrogens with one attached hydrogen (secondary N) is 1. The molecule has 0 aromatic heterocycles. The molecule has 0 bridgehead atoms. The van der Waals surface area contributed by atoms with Gasteiger partial charge in [-0.15, -0.1) is 0 Å². The Bertz CT molecular complexity index is 240. The molecule has 2 nitrogen and oxygen atoms in total. The van der Waals surface area contributed by atoms with Crippen LogP contribution in [0.3, 0.4) is 0 Å². The predicted octanol–water partition coefficient (Wildman–Crippen LogP) is 2.01. The van der Waals surface area contributed by atoms with E-state index in [1.807, 2.05) is 4.90 Å². The fourth-order valence-corrected chi connectivity index (χ4v) is 4.41. The van der Waals surface area contributed by atoms with Gasteiger partial charge in [-0.05, 0) is 50.4 Å². The Morgan fingerprint density at radius 3 is 2.14 bits per heavy atom. The third-order valence-electron chi connectivity index (χ3n) is 5.98. The van der Waals surface area contributed by atoms with Crippen molar-refractivity contribution in [3.05, 3.63) is 0 Å². The smallest absolute Gasteiger partial charge is 0.0773 e. The summed E-state index contributed by atoms with van der Waals surface area (Å²) in [5, 5.41) is 2.50. The monoisotopic (exact) mass is 296 g/mol. The molecule has 0 unspecified atom stereocenters. The largest absolute Gasteiger partial charge is 0.346 e. The van der Waals surface area contributed by atoms with E-state index in [0.29, 0.717) is 0 Å². The van der Waals surface area contributed by atoms with Gasteiger partial charge >= 0.3 is 0 Å². The molecule has 2 rings (SSSR count). The van der Waals surface area contributed by atoms with Gasteiger partial charge in [-0.2, -0.15) is 0 Å². The summed E-state index contributed by atoms with van der Waals surface area (Å²) in [6, 6.07) is 0. The molecule has 2 heteroatoms. The summed E-state index contributed by atoms with van der Waals surface area (Å²) >= 11 is 0. The van der Waals surface area contributed by atoms with Gasteiger partial charge in [0.1, 0.15) is 0 Å². The van der Waals surface area contributed by atoms with Crippen molar-refractivity contribution in [3.63, 3.8) is 0 Å². The molecule has 0 aromatic carbocycles. The summed E-state index contributed by atoms with van der Waals surface area (Å²) in [6.07, 6.45) is 16.3. The maximum absolute atomic E-state index is 2.50. The van der Waals surface area contributed by atoms with Crippen molar-refractivity contribution in [3.8, 4) is 0 Å². The molecule has 2 aliphatic rings. The highest BCUT2D eigenvalue weighted by atomic mass is 15.1. The molecule has 0 atom stereocenters. The van der Waals surface area contributed by atoms with E-state index in [-0.39, 0.29) is 0 Å². The molecule has 2 fully saturated rings. The van der Waals surface area contributed by atoms with E-state index in [1.54, 1.807) is 0 Å². The van der Waals surface area contributed by atoms with Crippen LogP contribution >= 0.6 is 0 Å². The lowest BCUT2D eigenvalue weighted by Crippen LogP contribution is -3.13. The quantitative estimate of drug-likeness (QED) is 0.607. The fraction of sp³-hybridized carbons (Fsp3) is 1.00. The van der Waals surface area contributed by atoms with Crippen molar-refractivity contribution >= 4 is 0 Å². The van der Waals surface area contributed by atoms with Gasteiger partial charge < -0.3 is 10.2 Å². The molecule has 0 amide bonds. The van der Waals surface area contributed by atoms with Crippen LogP contribution in [0.1, 0.15) is 77.6 Å². The number of hydrogen-bond acceptors (Lipinski definition) is 0. The second-order valence-corrected chi connectivity index (χ2v) is 7.74. The van der Waals surface area contributed by atoms with Gasteiger partial charge in [-0.1, -0.05) is 39.0 Å². The minimum Gasteiger partial charge on any atom is -0.346 e. The first-order valence-electron chi connectivity index (χ1n) is 10.0. The molecule has 2 saturated heterocycles. The molecule has 21 heavy (non-hydrogen) atoms. The molecular formula is C19H40N2+2. The van der Waals surface area contributed by atoms with Crippen LogP contribution in [-0.4, -0.2) is 32.7 Å². The summed E-state index contributed by atoms with van der Waals surface area (Å²) in [7, 11) is 0. The van der Waals surface area contributed by atoms with Crippen LogP contribution in [0.2, 0.25) is 0 Å². The van der Waals surface area contributed by atoms with E-state index >= 15 is 0 Å². The van der Waals surface area contributed by atoms with Gasteiger partial charge in [0.25, 0.3) is 0 Å². The van der Waals surface area contributed by atoms with Crippen molar-refractivity contribution in [2.75, 3.05) is 32.7 Å². The second kappa shape index (κ2) is 10.6. The maximum atomic E-state index is 2.50. The van der Waals surface area contributed by atoms with Crippen molar-refractivity contribution < 1.29 is 10.2 Å². The molecule has 0 aromatic rings. The van der Waals surface area contributed by atoms with Gasteiger partial charge in [-0.25, -0.2) is 0 Å². The molecular weight excluding hydrogens is 256 g/mol. The standard InChI is InChI=1S/C19H38N2/c1-2-3-4-5-15-21-16-11-19(12-17-21)8-6-7-18-9-13-20-14-10-18/h18-20H,2-17H2,1H3/p+2. The zero-order chi connectivity index (χ0) is 14.8. The number of unbranched alkanes of at least 4 members (excludes halogenated alkanes) is 3. The van der Waals surface area contributed by atoms with Crippen LogP contribution < -0.4 is 10.2 Å². The third kappa shape index (κ3) is 7.15. The van der Waals surface area contributed by atoms with Gasteiger partial charge in [0.05, 0.1) is 32.7 Å². The van der Waals surface area contributed by atoms with E-state index in [2.05, 4.69) is 12.2 Å². The number of piperidine rings is 2. The maximum Gasteiger partial charge on any atom is 0.0773 e. The highest BCUT2D eigenvalue weighted by Gasteiger charge is 2.22. The minimum atomic E-state index is 1.07. The third-order valence-corrected chi connectivity index (χ3v) is 5.98. The Morgan fingerprint density at radius 2 is 1.48 bits per heavy atom. The number of likely N-dealkylation sites (tertiary alicyclic amines) is 1. The highest BCUT2D eigenvalue weighted by Crippen LogP contribution is 2.22. The lowest BCUT2D eigenvalue weighted by molar-refractivity contribution is -0.906. The molecule has 0 saturated carbocycles. The zero-order valence-electron chi connectivity index (χ0n) is 14.5. The molecule has 0 radical (unpaired) electrons. The average molecular weight is 297 g/mol. The Kier molecular flexibility index (Phi) is 8.73. The van der Waals surface area contributed by atoms with E-state index in [1.165, 1.54) is 103 Å². The molecule has 0 aliphatic carbocycles. The van der Waals surface area contributed by atoms with Crippen LogP contribution in [0.15, 0.2) is 0 Å². The number of hydrogen-bond donors (Lipinski definition) is 2. The molecule has 3 N–H and O–H groups in total. The molecule has 2 aliphatic heterocycles. The summed E-state index contributed by atoms with van der Waals surface area (Å²) in [5.41, 5.74) is 0. The topological polar surface area (TPSA) is 21.1 Å². The second-order valence-electron chi connectivity index (χ2n) is 7.74. The minimum absolute atomic E-state index is 1.07. The van der Waals surface area contributed by atoms with E-state index in [4.69, 9.17) is 0 Å². The first-order valence-corrected chi connectivity index (χ1v) is 10.0. The van der Waals surface area contributed by atoms with E-state index in [9.17, 15) is 0 Å². The number of nitrogens with two attached hydrogens (primary N) is 1. The van der Waals surface area contributed by atoms with Crippen molar-refractivity contribution in [1.82, 2.24) is 0 Å². The molecule has 124 valence electrons. The van der Waals surface area contributed by atoms with E-state index in [0.717, 1.165) is 11.8 Å². The Hall–Kier alpha value is -0.0800. The first kappa shape index (κ1) is 17.3. The normalized spacial score (nSPS) is 27.9. The summed E-state index contributed by atoms with van der Waals surface area (Å²) in [5.74, 6) is 2.14. The summed E-state index contributed by atoms with van der Waals surface area (Å²) < 4.78 is 0. The van der Waals surface area contributed by atoms with Crippen LogP contribution in [0.4, 0.5) is 0 Å². The number of quaternary nitrogens is 2. The Morgan fingerprint density at radius 1 is 0.810 bits per heavy atom. The molecule has 0 spiro atoms. The highest BCUT2D eigenvalue weighted by molar-refractivity contribution is 4.66. The summed E-state index contributed by atoms with van der Waals surface area (Å²) in [6.45, 7) is 9.48. The lowest BCUT2D eigenvalue weighted by Gasteiger charge is -2.29. The van der Waals surface area contributed by atoms with Crippen LogP contribution in [0, 0.1) is 11.8 Å². The van der Waals surface area contributed by atoms with Crippen molar-refractivity contribution in [2.45, 2.75) is 77.6 Å². The van der Waals surface area contributed by atoms with Gasteiger partial charge in [-0.3, -0.25) is 0 Å². The van der Waals surface area contributed by atoms with Crippen LogP contribution in [0.5, 0.6) is 0 Å². The van der Waals surface area contributed by atoms with Gasteiger partial charge in [0, 0.05) is 0 Å². The fourth-order valence-electron chi connectivity index (χ4n) is 4.41. The molecule has 2 heterocycles. The lowest BCUT2D eigenvalue weighted by atomic mass is 9.87. The number of rotatable bonds is 9. The van der Waals surface area contributed by atoms with E-state index < -0.39 is 0 Å². The SMILES string of the molecule is CCCCCC[NH+]1CCC(CCCC2CC[NH2+]CC2)CC1. The predicted molar refractivity (Wildman–Crippen MR) is 90.7 cm³/mol. The Labute approximate surface area is 133 Å². The zero-order valence-corrected chi connectivity index (χ0v) is 14.5. The van der Waals surface area contributed by atoms with Crippen LogP contribution in [0.25, 0.3) is 0 Å². The van der Waals surface area contributed by atoms with Gasteiger partial charge in [0.15, 0.2) is 0 Å².